The summed E-state index contributed by atoms with van der Waals surface area (Å²) in [6, 6.07) is 6.96. The molecule has 0 bridgehead atoms. The minimum atomic E-state index is -0.966. The number of hydrogen-bond donors (Lipinski definition) is 2. The van der Waals surface area contributed by atoms with Crippen molar-refractivity contribution in [1.82, 2.24) is 0 Å². The molecule has 6 heteroatoms. The van der Waals surface area contributed by atoms with Crippen LogP contribution in [0.25, 0.3) is 0 Å². The molecule has 5 atom stereocenters. The number of aliphatic hydroxyl groups is 2. The molecule has 2 fully saturated rings. The zero-order valence-corrected chi connectivity index (χ0v) is 12.2. The monoisotopic (exact) mass is 296 g/mol. The average Bonchev–Trinajstić information content (AvgIpc) is 2.92. The van der Waals surface area contributed by atoms with E-state index in [0.29, 0.717) is 11.3 Å². The molecular weight excluding hydrogens is 276 g/mol. The SMILES string of the molecule is COc1ccc([C@H](O)[C@H]2O[C@@H]3OC(C)(C)O[C@@H]3[C@H]2O)cc1. The van der Waals surface area contributed by atoms with Gasteiger partial charge >= 0.3 is 0 Å². The van der Waals surface area contributed by atoms with Crippen LogP contribution in [0.4, 0.5) is 0 Å². The lowest BCUT2D eigenvalue weighted by Gasteiger charge is -2.26. The van der Waals surface area contributed by atoms with Gasteiger partial charge in [-0.05, 0) is 31.5 Å². The fourth-order valence-corrected chi connectivity index (χ4v) is 2.77. The molecule has 3 rings (SSSR count). The van der Waals surface area contributed by atoms with E-state index in [2.05, 4.69) is 0 Å². The van der Waals surface area contributed by atoms with Crippen LogP contribution in [0.5, 0.6) is 5.75 Å². The van der Waals surface area contributed by atoms with Crippen LogP contribution in [0.15, 0.2) is 24.3 Å². The minimum Gasteiger partial charge on any atom is -0.497 e. The van der Waals surface area contributed by atoms with Crippen LogP contribution in [-0.4, -0.2) is 47.7 Å². The second-order valence-corrected chi connectivity index (χ2v) is 5.78. The molecule has 2 N–H and O–H groups in total. The summed E-state index contributed by atoms with van der Waals surface area (Å²) in [5, 5.41) is 20.7. The Hall–Kier alpha value is -1.18. The molecule has 2 aliphatic rings. The maximum absolute atomic E-state index is 10.4. The van der Waals surface area contributed by atoms with Crippen LogP contribution < -0.4 is 4.74 Å². The number of ether oxygens (including phenoxy) is 4. The van der Waals surface area contributed by atoms with Gasteiger partial charge in [-0.1, -0.05) is 12.1 Å². The standard InChI is InChI=1S/C15H20O6/c1-15(2)20-13-11(17)12(19-14(13)21-15)10(16)8-4-6-9(18-3)7-5-8/h4-7,10-14,16-17H,1-3H3/t10-,11-,12+,13+,14+/m0/s1. The molecule has 0 amide bonds. The number of hydrogen-bond acceptors (Lipinski definition) is 6. The van der Waals surface area contributed by atoms with E-state index in [1.165, 1.54) is 0 Å². The summed E-state index contributed by atoms with van der Waals surface area (Å²) in [6.07, 6.45) is -3.95. The second-order valence-electron chi connectivity index (χ2n) is 5.78. The van der Waals surface area contributed by atoms with Gasteiger partial charge in [-0.15, -0.1) is 0 Å². The molecular formula is C15H20O6. The Bertz CT molecular complexity index is 499. The third-order valence-electron chi connectivity index (χ3n) is 3.82. The average molecular weight is 296 g/mol. The highest BCUT2D eigenvalue weighted by molar-refractivity contribution is 5.29. The lowest BCUT2D eigenvalue weighted by molar-refractivity contribution is -0.226. The Labute approximate surface area is 123 Å². The van der Waals surface area contributed by atoms with E-state index in [0.717, 1.165) is 0 Å². The zero-order valence-electron chi connectivity index (χ0n) is 12.2. The molecule has 21 heavy (non-hydrogen) atoms. The first-order valence-electron chi connectivity index (χ1n) is 6.92. The molecule has 116 valence electrons. The molecule has 2 saturated heterocycles. The van der Waals surface area contributed by atoms with Gasteiger partial charge in [0.05, 0.1) is 7.11 Å². The van der Waals surface area contributed by atoms with Crippen molar-refractivity contribution in [2.45, 2.75) is 50.3 Å². The van der Waals surface area contributed by atoms with Gasteiger partial charge in [0.1, 0.15) is 30.2 Å². The second kappa shape index (κ2) is 5.23. The molecule has 0 aromatic heterocycles. The van der Waals surface area contributed by atoms with Crippen molar-refractivity contribution in [3.05, 3.63) is 29.8 Å². The van der Waals surface area contributed by atoms with Crippen molar-refractivity contribution in [3.8, 4) is 5.75 Å². The Morgan fingerprint density at radius 2 is 1.86 bits per heavy atom. The van der Waals surface area contributed by atoms with Crippen LogP contribution in [0.3, 0.4) is 0 Å². The number of rotatable bonds is 3. The summed E-state index contributed by atoms with van der Waals surface area (Å²) in [7, 11) is 1.58. The number of fused-ring (bicyclic) bond motifs is 1. The quantitative estimate of drug-likeness (QED) is 0.865. The van der Waals surface area contributed by atoms with Crippen LogP contribution in [0.2, 0.25) is 0 Å². The van der Waals surface area contributed by atoms with Crippen LogP contribution in [0, 0.1) is 0 Å². The third-order valence-corrected chi connectivity index (χ3v) is 3.82. The van der Waals surface area contributed by atoms with Gasteiger partial charge in [0.15, 0.2) is 12.1 Å². The molecule has 0 radical (unpaired) electrons. The molecule has 6 nitrogen and oxygen atoms in total. The largest absolute Gasteiger partial charge is 0.497 e. The van der Waals surface area contributed by atoms with Crippen molar-refractivity contribution in [2.75, 3.05) is 7.11 Å². The fraction of sp³-hybridized carbons (Fsp3) is 0.600. The highest BCUT2D eigenvalue weighted by atomic mass is 16.8. The van der Waals surface area contributed by atoms with Crippen molar-refractivity contribution in [2.24, 2.45) is 0 Å². The summed E-state index contributed by atoms with van der Waals surface area (Å²) in [4.78, 5) is 0. The summed E-state index contributed by atoms with van der Waals surface area (Å²) >= 11 is 0. The van der Waals surface area contributed by atoms with E-state index in [-0.39, 0.29) is 0 Å². The van der Waals surface area contributed by atoms with Crippen LogP contribution >= 0.6 is 0 Å². The summed E-state index contributed by atoms with van der Waals surface area (Å²) in [5.74, 6) is -0.0871. The van der Waals surface area contributed by atoms with Gasteiger partial charge in [-0.3, -0.25) is 0 Å². The molecule has 0 unspecified atom stereocenters. The van der Waals surface area contributed by atoms with E-state index in [1.54, 1.807) is 45.2 Å². The summed E-state index contributed by atoms with van der Waals surface area (Å²) < 4.78 is 21.9. The Kier molecular flexibility index (Phi) is 3.67. The summed E-state index contributed by atoms with van der Waals surface area (Å²) in [6.45, 7) is 3.52. The Morgan fingerprint density at radius 1 is 1.19 bits per heavy atom. The molecule has 2 aliphatic heterocycles. The zero-order chi connectivity index (χ0) is 15.2. The van der Waals surface area contributed by atoms with Gasteiger partial charge in [0, 0.05) is 0 Å². The molecule has 0 aliphatic carbocycles. The third kappa shape index (κ3) is 2.65. The van der Waals surface area contributed by atoms with Gasteiger partial charge in [-0.25, -0.2) is 0 Å². The molecule has 2 heterocycles. The normalized spacial score (nSPS) is 35.5. The maximum atomic E-state index is 10.4. The van der Waals surface area contributed by atoms with Crippen LogP contribution in [0.1, 0.15) is 25.5 Å². The van der Waals surface area contributed by atoms with Crippen molar-refractivity contribution < 1.29 is 29.2 Å². The number of aliphatic hydroxyl groups excluding tert-OH is 2. The van der Waals surface area contributed by atoms with Crippen LogP contribution in [-0.2, 0) is 14.2 Å². The molecule has 0 spiro atoms. The fourth-order valence-electron chi connectivity index (χ4n) is 2.77. The van der Waals surface area contributed by atoms with Crippen molar-refractivity contribution in [1.29, 1.82) is 0 Å². The van der Waals surface area contributed by atoms with E-state index in [9.17, 15) is 10.2 Å². The summed E-state index contributed by atoms with van der Waals surface area (Å²) in [5.41, 5.74) is 0.638. The predicted octanol–water partition coefficient (Wildman–Crippen LogP) is 0.966. The van der Waals surface area contributed by atoms with Gasteiger partial charge in [-0.2, -0.15) is 0 Å². The van der Waals surface area contributed by atoms with E-state index in [4.69, 9.17) is 18.9 Å². The number of methoxy groups -OCH3 is 1. The molecule has 1 aromatic carbocycles. The highest BCUT2D eigenvalue weighted by Gasteiger charge is 2.56. The first-order chi connectivity index (χ1) is 9.91. The van der Waals surface area contributed by atoms with Crippen molar-refractivity contribution in [3.63, 3.8) is 0 Å². The maximum Gasteiger partial charge on any atom is 0.190 e. The predicted molar refractivity (Wildman–Crippen MR) is 72.7 cm³/mol. The first kappa shape index (κ1) is 14.7. The van der Waals surface area contributed by atoms with E-state index >= 15 is 0 Å². The Balaban J connectivity index is 1.73. The molecule has 0 saturated carbocycles. The van der Waals surface area contributed by atoms with E-state index < -0.39 is 36.5 Å². The van der Waals surface area contributed by atoms with Gasteiger partial charge < -0.3 is 29.2 Å². The topological polar surface area (TPSA) is 77.4 Å². The smallest absolute Gasteiger partial charge is 0.190 e. The van der Waals surface area contributed by atoms with Gasteiger partial charge in [0.2, 0.25) is 0 Å². The Morgan fingerprint density at radius 3 is 2.43 bits per heavy atom. The highest BCUT2D eigenvalue weighted by Crippen LogP contribution is 2.40. The number of benzene rings is 1. The van der Waals surface area contributed by atoms with Crippen molar-refractivity contribution >= 4 is 0 Å². The van der Waals surface area contributed by atoms with E-state index in [1.807, 2.05) is 0 Å². The minimum absolute atomic E-state index is 0.585. The lowest BCUT2D eigenvalue weighted by atomic mass is 9.99. The lowest BCUT2D eigenvalue weighted by Crippen LogP contribution is -2.37. The molecule has 1 aromatic rings. The first-order valence-corrected chi connectivity index (χ1v) is 6.92. The van der Waals surface area contributed by atoms with Gasteiger partial charge in [0.25, 0.3) is 0 Å².